The van der Waals surface area contributed by atoms with Crippen molar-refractivity contribution >= 4 is 38.9 Å². The van der Waals surface area contributed by atoms with Gasteiger partial charge in [0.05, 0.1) is 11.3 Å². The van der Waals surface area contributed by atoms with E-state index in [-0.39, 0.29) is 23.1 Å². The molecule has 7 nitrogen and oxygen atoms in total. The Bertz CT molecular complexity index is 985. The normalized spacial score (nSPS) is 13.4. The number of carbonyl (C=O) groups is 2. The zero-order valence-corrected chi connectivity index (χ0v) is 16.0. The summed E-state index contributed by atoms with van der Waals surface area (Å²) in [6, 6.07) is 11.0. The quantitative estimate of drug-likeness (QED) is 0.797. The number of rotatable bonds is 6. The second-order valence-corrected chi connectivity index (χ2v) is 7.87. The molecule has 1 aliphatic rings. The van der Waals surface area contributed by atoms with Gasteiger partial charge in [0.15, 0.2) is 0 Å². The molecule has 0 fully saturated rings. The van der Waals surface area contributed by atoms with Crippen LogP contribution in [0.15, 0.2) is 47.4 Å². The summed E-state index contributed by atoms with van der Waals surface area (Å²) in [6.45, 7) is 4.22. The molecule has 0 aliphatic carbocycles. The number of benzene rings is 2. The number of fused-ring (bicyclic) bond motifs is 1. The van der Waals surface area contributed by atoms with Gasteiger partial charge in [-0.05, 0) is 55.0 Å². The summed E-state index contributed by atoms with van der Waals surface area (Å²) < 4.78 is 27.7. The number of likely N-dealkylation sites (N-methyl/N-ethyl adjacent to an activating group) is 1. The van der Waals surface area contributed by atoms with E-state index >= 15 is 0 Å². The summed E-state index contributed by atoms with van der Waals surface area (Å²) in [5, 5.41) is 2.67. The summed E-state index contributed by atoms with van der Waals surface area (Å²) in [7, 11) is -3.78. The highest BCUT2D eigenvalue weighted by Gasteiger charge is 2.26. The van der Waals surface area contributed by atoms with Crippen LogP contribution in [-0.4, -0.2) is 26.8 Å². The smallest absolute Gasteiger partial charge is 0.261 e. The molecule has 2 aromatic rings. The molecule has 1 heterocycles. The number of carbonyl (C=O) groups excluding carboxylic acids is 2. The second kappa shape index (κ2) is 7.40. The van der Waals surface area contributed by atoms with Crippen molar-refractivity contribution in [3.63, 3.8) is 0 Å². The molecule has 3 rings (SSSR count). The Morgan fingerprint density at radius 2 is 1.74 bits per heavy atom. The Hall–Kier alpha value is -2.87. The van der Waals surface area contributed by atoms with Crippen LogP contribution in [0, 0.1) is 0 Å². The van der Waals surface area contributed by atoms with Crippen LogP contribution in [0.4, 0.5) is 17.1 Å². The number of amides is 2. The van der Waals surface area contributed by atoms with Crippen LogP contribution >= 0.6 is 0 Å². The highest BCUT2D eigenvalue weighted by atomic mass is 32.2. The summed E-state index contributed by atoms with van der Waals surface area (Å²) in [4.78, 5) is 25.1. The molecule has 142 valence electrons. The number of hydrogen-bond acceptors (Lipinski definition) is 4. The monoisotopic (exact) mass is 387 g/mol. The fraction of sp³-hybridized carbons (Fsp3) is 0.263. The molecule has 0 saturated heterocycles. The Morgan fingerprint density at radius 3 is 2.37 bits per heavy atom. The minimum Gasteiger partial charge on any atom is -0.326 e. The van der Waals surface area contributed by atoms with Crippen molar-refractivity contribution < 1.29 is 18.0 Å². The molecule has 2 aromatic carbocycles. The van der Waals surface area contributed by atoms with Crippen molar-refractivity contribution in [3.05, 3.63) is 48.0 Å². The lowest BCUT2D eigenvalue weighted by Gasteiger charge is -2.15. The number of nitrogens with one attached hydrogen (secondary N) is 2. The Kier molecular flexibility index (Phi) is 5.18. The Balaban J connectivity index is 1.78. The predicted octanol–water partition coefficient (Wildman–Crippen LogP) is 2.74. The van der Waals surface area contributed by atoms with Crippen LogP contribution in [0.3, 0.4) is 0 Å². The largest absolute Gasteiger partial charge is 0.326 e. The van der Waals surface area contributed by atoms with Gasteiger partial charge in [-0.25, -0.2) is 8.42 Å². The summed E-state index contributed by atoms with van der Waals surface area (Å²) >= 11 is 0. The molecule has 0 spiro atoms. The molecule has 0 unspecified atom stereocenters. The van der Waals surface area contributed by atoms with Gasteiger partial charge in [0.2, 0.25) is 11.8 Å². The van der Waals surface area contributed by atoms with E-state index in [1.165, 1.54) is 12.1 Å². The maximum Gasteiger partial charge on any atom is 0.261 e. The van der Waals surface area contributed by atoms with Crippen molar-refractivity contribution in [2.75, 3.05) is 21.5 Å². The fourth-order valence-electron chi connectivity index (χ4n) is 2.97. The van der Waals surface area contributed by atoms with E-state index in [9.17, 15) is 18.0 Å². The van der Waals surface area contributed by atoms with Crippen molar-refractivity contribution in [1.82, 2.24) is 0 Å². The van der Waals surface area contributed by atoms with Gasteiger partial charge < -0.3 is 10.2 Å². The van der Waals surface area contributed by atoms with Crippen LogP contribution in [0.25, 0.3) is 0 Å². The van der Waals surface area contributed by atoms with Gasteiger partial charge in [0.25, 0.3) is 10.0 Å². The first-order valence-corrected chi connectivity index (χ1v) is 10.2. The highest BCUT2D eigenvalue weighted by Crippen LogP contribution is 2.31. The molecule has 1 aliphatic heterocycles. The zero-order chi connectivity index (χ0) is 19.6. The maximum atomic E-state index is 12.6. The topological polar surface area (TPSA) is 95.6 Å². The van der Waals surface area contributed by atoms with Gasteiger partial charge in [-0.2, -0.15) is 0 Å². The van der Waals surface area contributed by atoms with Crippen LogP contribution in [-0.2, 0) is 26.0 Å². The van der Waals surface area contributed by atoms with E-state index in [0.717, 1.165) is 11.3 Å². The Morgan fingerprint density at radius 1 is 1.07 bits per heavy atom. The van der Waals surface area contributed by atoms with E-state index in [1.807, 2.05) is 6.92 Å². The molecular formula is C19H21N3O4S. The van der Waals surface area contributed by atoms with Crippen LogP contribution < -0.4 is 14.9 Å². The summed E-state index contributed by atoms with van der Waals surface area (Å²) in [5.41, 5.74) is 2.57. The van der Waals surface area contributed by atoms with Gasteiger partial charge in [-0.1, -0.05) is 6.92 Å². The first kappa shape index (κ1) is 18.9. The lowest BCUT2D eigenvalue weighted by Crippen LogP contribution is -2.25. The van der Waals surface area contributed by atoms with Gasteiger partial charge in [-0.15, -0.1) is 0 Å². The number of anilines is 3. The van der Waals surface area contributed by atoms with E-state index in [0.29, 0.717) is 24.3 Å². The summed E-state index contributed by atoms with van der Waals surface area (Å²) in [5.74, 6) is -0.130. The lowest BCUT2D eigenvalue weighted by atomic mass is 10.1. The predicted molar refractivity (Wildman–Crippen MR) is 104 cm³/mol. The third-order valence-electron chi connectivity index (χ3n) is 4.35. The average Bonchev–Trinajstić information content (AvgIpc) is 2.95. The molecule has 0 radical (unpaired) electrons. The number of hydrogen-bond donors (Lipinski definition) is 2. The number of nitrogens with zero attached hydrogens (tertiary/aromatic N) is 1. The molecule has 0 aromatic heterocycles. The van der Waals surface area contributed by atoms with Crippen molar-refractivity contribution in [2.24, 2.45) is 0 Å². The highest BCUT2D eigenvalue weighted by molar-refractivity contribution is 7.92. The molecule has 2 amide bonds. The van der Waals surface area contributed by atoms with Crippen LogP contribution in [0.5, 0.6) is 0 Å². The molecule has 0 saturated carbocycles. The molecule has 27 heavy (non-hydrogen) atoms. The van der Waals surface area contributed by atoms with Gasteiger partial charge >= 0.3 is 0 Å². The molecular weight excluding hydrogens is 366 g/mol. The first-order valence-electron chi connectivity index (χ1n) is 8.70. The van der Waals surface area contributed by atoms with Crippen LogP contribution in [0.2, 0.25) is 0 Å². The average molecular weight is 387 g/mol. The van der Waals surface area contributed by atoms with Crippen LogP contribution in [0.1, 0.15) is 25.8 Å². The lowest BCUT2D eigenvalue weighted by molar-refractivity contribution is -0.117. The zero-order valence-electron chi connectivity index (χ0n) is 15.2. The van der Waals surface area contributed by atoms with E-state index < -0.39 is 10.0 Å². The van der Waals surface area contributed by atoms with E-state index in [2.05, 4.69) is 10.0 Å². The SMILES string of the molecule is CCC(=O)Nc1ccc(S(=O)(=O)Nc2ccc3c(c2)CC(=O)N3CC)cc1. The molecule has 0 bridgehead atoms. The maximum absolute atomic E-state index is 12.6. The molecule has 8 heteroatoms. The standard InChI is InChI=1S/C19H21N3O4S/c1-3-18(23)20-14-5-8-16(9-6-14)27(25,26)21-15-7-10-17-13(11-15)12-19(24)22(17)4-2/h5-11,21H,3-4,12H2,1-2H3,(H,20,23). The van der Waals surface area contributed by atoms with Gasteiger partial charge in [-0.3, -0.25) is 14.3 Å². The van der Waals surface area contributed by atoms with Crippen molar-refractivity contribution in [1.29, 1.82) is 0 Å². The van der Waals surface area contributed by atoms with E-state index in [1.54, 1.807) is 42.2 Å². The molecule has 0 atom stereocenters. The Labute approximate surface area is 158 Å². The minimum absolute atomic E-state index is 0.0113. The van der Waals surface area contributed by atoms with E-state index in [4.69, 9.17) is 0 Å². The first-order chi connectivity index (χ1) is 12.8. The van der Waals surface area contributed by atoms with Gasteiger partial charge in [0, 0.05) is 30.0 Å². The second-order valence-electron chi connectivity index (χ2n) is 6.19. The molecule has 2 N–H and O–H groups in total. The minimum atomic E-state index is -3.78. The summed E-state index contributed by atoms with van der Waals surface area (Å²) in [6.07, 6.45) is 0.614. The fourth-order valence-corrected chi connectivity index (χ4v) is 4.02. The number of sulfonamides is 1. The third kappa shape index (κ3) is 3.95. The van der Waals surface area contributed by atoms with Gasteiger partial charge in [0.1, 0.15) is 0 Å². The third-order valence-corrected chi connectivity index (χ3v) is 5.75. The van der Waals surface area contributed by atoms with Crippen molar-refractivity contribution in [2.45, 2.75) is 31.6 Å². The van der Waals surface area contributed by atoms with Crippen molar-refractivity contribution in [3.8, 4) is 0 Å².